The van der Waals surface area contributed by atoms with Crippen LogP contribution in [0.2, 0.25) is 0 Å². The molecule has 2 aromatic rings. The maximum atomic E-state index is 12.3. The van der Waals surface area contributed by atoms with Gasteiger partial charge in [0, 0.05) is 0 Å². The average molecular weight is 301 g/mol. The minimum absolute atomic E-state index is 0.0450. The van der Waals surface area contributed by atoms with E-state index in [0.717, 1.165) is 4.40 Å². The van der Waals surface area contributed by atoms with Gasteiger partial charge in [0.05, 0.1) is 0 Å². The van der Waals surface area contributed by atoms with Crippen molar-refractivity contribution in [1.29, 1.82) is 0 Å². The predicted molar refractivity (Wildman–Crippen MR) is 74.1 cm³/mol. The van der Waals surface area contributed by atoms with Crippen LogP contribution in [-0.2, 0) is 5.66 Å². The van der Waals surface area contributed by atoms with Crippen molar-refractivity contribution in [1.82, 2.24) is 28.8 Å². The van der Waals surface area contributed by atoms with Crippen LogP contribution in [0.15, 0.2) is 11.1 Å². The van der Waals surface area contributed by atoms with Crippen LogP contribution in [0, 0.1) is 0 Å². The van der Waals surface area contributed by atoms with Crippen LogP contribution in [-0.4, -0.2) is 34.7 Å². The van der Waals surface area contributed by atoms with E-state index in [9.17, 15) is 9.59 Å². The molecule has 102 valence electrons. The van der Waals surface area contributed by atoms with Gasteiger partial charge < -0.3 is 5.73 Å². The third-order valence-electron chi connectivity index (χ3n) is 2.74. The van der Waals surface area contributed by atoms with Crippen molar-refractivity contribution in [2.24, 2.45) is 5.73 Å². The van der Waals surface area contributed by atoms with E-state index < -0.39 is 17.3 Å². The number of hydrogen-bond acceptors (Lipinski definition) is 6. The molecule has 19 heavy (non-hydrogen) atoms. The number of amides is 1. The third kappa shape index (κ3) is 2.14. The Hall–Kier alpha value is -1.43. The molecule has 0 aliphatic rings. The van der Waals surface area contributed by atoms with E-state index in [1.54, 1.807) is 18.3 Å². The largest absolute Gasteiger partial charge is 0.364 e. The zero-order valence-electron chi connectivity index (χ0n) is 10.3. The van der Waals surface area contributed by atoms with Crippen molar-refractivity contribution in [3.8, 4) is 0 Å². The SMILES string of the molecule is CC(C)(N(P)P)n1nnc2c(C(N)=O)ncn2c1=O. The van der Waals surface area contributed by atoms with E-state index in [0.29, 0.717) is 0 Å². The predicted octanol–water partition coefficient (Wildman–Crippen LogP) is -1.04. The monoisotopic (exact) mass is 301 g/mol. The molecule has 0 bridgehead atoms. The van der Waals surface area contributed by atoms with Crippen LogP contribution in [0.1, 0.15) is 24.3 Å². The molecule has 0 fully saturated rings. The highest BCUT2D eigenvalue weighted by molar-refractivity contribution is 7.30. The van der Waals surface area contributed by atoms with Gasteiger partial charge in [-0.2, -0.15) is 4.68 Å². The van der Waals surface area contributed by atoms with Crippen LogP contribution >= 0.6 is 18.8 Å². The van der Waals surface area contributed by atoms with E-state index in [1.807, 2.05) is 0 Å². The standard InChI is InChI=1S/C8H13N7O2P2/c1-8(2,15(18)19)14-7(17)13-3-10-4(5(9)16)6(13)11-12-14/h3H,18-19H2,1-2H3,(H2,9,16). The van der Waals surface area contributed by atoms with Crippen LogP contribution in [0.25, 0.3) is 5.65 Å². The van der Waals surface area contributed by atoms with E-state index in [1.165, 1.54) is 11.0 Å². The average Bonchev–Trinajstić information content (AvgIpc) is 2.73. The van der Waals surface area contributed by atoms with Crippen LogP contribution in [0.3, 0.4) is 0 Å². The molecule has 0 aliphatic carbocycles. The Morgan fingerprint density at radius 1 is 1.47 bits per heavy atom. The molecule has 2 unspecified atom stereocenters. The van der Waals surface area contributed by atoms with Gasteiger partial charge in [0.2, 0.25) is 0 Å². The maximum absolute atomic E-state index is 12.3. The van der Waals surface area contributed by atoms with E-state index >= 15 is 0 Å². The Morgan fingerprint density at radius 3 is 2.63 bits per heavy atom. The second-order valence-electron chi connectivity index (χ2n) is 4.34. The van der Waals surface area contributed by atoms with Gasteiger partial charge in [-0.05, 0) is 13.8 Å². The van der Waals surface area contributed by atoms with Crippen molar-refractivity contribution in [2.45, 2.75) is 19.5 Å². The highest BCUT2D eigenvalue weighted by Crippen LogP contribution is 2.26. The molecule has 2 atom stereocenters. The number of nitrogens with zero attached hydrogens (tertiary/aromatic N) is 6. The van der Waals surface area contributed by atoms with Crippen molar-refractivity contribution in [2.75, 3.05) is 0 Å². The fourth-order valence-electron chi connectivity index (χ4n) is 1.43. The number of nitrogens with two attached hydrogens (primary N) is 1. The smallest absolute Gasteiger partial charge is 0.354 e. The minimum atomic E-state index is -0.757. The molecular weight excluding hydrogens is 288 g/mol. The molecule has 0 saturated heterocycles. The maximum Gasteiger partial charge on any atom is 0.354 e. The Kier molecular flexibility index (Phi) is 3.38. The second-order valence-corrected chi connectivity index (χ2v) is 6.05. The Labute approximate surface area is 112 Å². The van der Waals surface area contributed by atoms with Crippen LogP contribution < -0.4 is 11.4 Å². The quantitative estimate of drug-likeness (QED) is 0.725. The molecule has 2 N–H and O–H groups in total. The van der Waals surface area contributed by atoms with Crippen LogP contribution in [0.5, 0.6) is 0 Å². The Balaban J connectivity index is 2.73. The lowest BCUT2D eigenvalue weighted by molar-refractivity contribution is 0.0997. The molecule has 0 aliphatic heterocycles. The topological polar surface area (TPSA) is 111 Å². The van der Waals surface area contributed by atoms with Crippen LogP contribution in [0.4, 0.5) is 0 Å². The molecule has 0 aromatic carbocycles. The summed E-state index contributed by atoms with van der Waals surface area (Å²) in [4.78, 5) is 27.2. The minimum Gasteiger partial charge on any atom is -0.364 e. The molecule has 2 aromatic heterocycles. The van der Waals surface area contributed by atoms with Gasteiger partial charge in [0.15, 0.2) is 11.3 Å². The number of carbonyl (C=O) groups excluding carboxylic acids is 1. The number of primary amides is 1. The first-order chi connectivity index (χ1) is 8.76. The highest BCUT2D eigenvalue weighted by Gasteiger charge is 2.28. The fourth-order valence-corrected chi connectivity index (χ4v) is 1.65. The molecule has 2 rings (SSSR count). The molecule has 11 heteroatoms. The molecule has 0 saturated carbocycles. The summed E-state index contributed by atoms with van der Waals surface area (Å²) < 4.78 is 3.96. The summed E-state index contributed by atoms with van der Waals surface area (Å²) >= 11 is 0. The summed E-state index contributed by atoms with van der Waals surface area (Å²) in [6.07, 6.45) is 1.20. The van der Waals surface area contributed by atoms with Gasteiger partial charge in [0.25, 0.3) is 5.91 Å². The van der Waals surface area contributed by atoms with Crippen molar-refractivity contribution >= 4 is 30.3 Å². The number of aromatic nitrogens is 5. The first-order valence-corrected chi connectivity index (χ1v) is 6.23. The van der Waals surface area contributed by atoms with Gasteiger partial charge >= 0.3 is 5.69 Å². The second kappa shape index (κ2) is 4.59. The number of hydrogen-bond donors (Lipinski definition) is 1. The van der Waals surface area contributed by atoms with Gasteiger partial charge in [-0.1, -0.05) is 24.0 Å². The number of imidazole rings is 1. The zero-order valence-corrected chi connectivity index (χ0v) is 12.6. The number of rotatable bonds is 3. The summed E-state index contributed by atoms with van der Waals surface area (Å²) in [7, 11) is 4.85. The summed E-state index contributed by atoms with van der Waals surface area (Å²) in [6.45, 7) is 3.56. The first kappa shape index (κ1) is 14.0. The Morgan fingerprint density at radius 2 is 2.11 bits per heavy atom. The van der Waals surface area contributed by atoms with E-state index in [-0.39, 0.29) is 11.3 Å². The van der Waals surface area contributed by atoms with Crippen molar-refractivity contribution in [3.63, 3.8) is 0 Å². The summed E-state index contributed by atoms with van der Waals surface area (Å²) in [5.74, 6) is -0.757. The van der Waals surface area contributed by atoms with Gasteiger partial charge in [-0.3, -0.25) is 4.79 Å². The molecule has 9 nitrogen and oxygen atoms in total. The first-order valence-electron chi connectivity index (χ1n) is 5.19. The molecular formula is C8H13N7O2P2. The molecule has 2 heterocycles. The summed E-state index contributed by atoms with van der Waals surface area (Å²) in [5.41, 5.74) is 3.89. The fraction of sp³-hybridized carbons (Fsp3) is 0.375. The van der Waals surface area contributed by atoms with Crippen molar-refractivity contribution < 1.29 is 4.79 Å². The normalized spacial score (nSPS) is 12.3. The van der Waals surface area contributed by atoms with Gasteiger partial charge in [0.1, 0.15) is 12.0 Å². The van der Waals surface area contributed by atoms with E-state index in [2.05, 4.69) is 34.1 Å². The molecule has 1 amide bonds. The van der Waals surface area contributed by atoms with Gasteiger partial charge in [-0.25, -0.2) is 18.6 Å². The number of fused-ring (bicyclic) bond motifs is 1. The molecule has 0 spiro atoms. The Bertz CT molecular complexity index is 705. The summed E-state index contributed by atoms with van der Waals surface area (Å²) in [6, 6.07) is 0. The highest BCUT2D eigenvalue weighted by atomic mass is 31.1. The number of carbonyl (C=O) groups is 1. The zero-order chi connectivity index (χ0) is 14.4. The van der Waals surface area contributed by atoms with Gasteiger partial charge in [-0.15, -0.1) is 5.10 Å². The van der Waals surface area contributed by atoms with E-state index in [4.69, 9.17) is 5.73 Å². The van der Waals surface area contributed by atoms with Crippen molar-refractivity contribution in [3.05, 3.63) is 22.5 Å². The third-order valence-corrected chi connectivity index (χ3v) is 4.01. The lowest BCUT2D eigenvalue weighted by atomic mass is 10.3. The molecule has 0 radical (unpaired) electrons. The lowest BCUT2D eigenvalue weighted by Gasteiger charge is -2.31. The lowest BCUT2D eigenvalue weighted by Crippen LogP contribution is -2.46. The summed E-state index contributed by atoms with van der Waals surface area (Å²) in [5, 5.41) is 7.67.